The van der Waals surface area contributed by atoms with Crippen molar-refractivity contribution in [1.82, 2.24) is 9.62 Å². The van der Waals surface area contributed by atoms with Crippen LogP contribution in [-0.4, -0.2) is 52.1 Å². The first kappa shape index (κ1) is 21.7. The number of rotatable bonds is 7. The molecule has 7 nitrogen and oxygen atoms in total. The number of carbonyl (C=O) groups is 1. The number of carbonyl (C=O) groups excluding carboxylic acids is 1. The molecule has 1 aliphatic rings. The highest BCUT2D eigenvalue weighted by molar-refractivity contribution is 7.89. The van der Waals surface area contributed by atoms with E-state index in [0.717, 1.165) is 5.56 Å². The van der Waals surface area contributed by atoms with E-state index in [0.29, 0.717) is 37.0 Å². The highest BCUT2D eigenvalue weighted by Gasteiger charge is 2.25. The van der Waals surface area contributed by atoms with Gasteiger partial charge in [-0.1, -0.05) is 23.7 Å². The summed E-state index contributed by atoms with van der Waals surface area (Å²) < 4.78 is 33.7. The average Bonchev–Trinajstić information content (AvgIpc) is 2.69. The number of benzene rings is 2. The molecule has 156 valence electrons. The highest BCUT2D eigenvalue weighted by atomic mass is 35.5. The van der Waals surface area contributed by atoms with Gasteiger partial charge in [-0.05, 0) is 42.0 Å². The van der Waals surface area contributed by atoms with Gasteiger partial charge in [-0.3, -0.25) is 9.69 Å². The van der Waals surface area contributed by atoms with Crippen LogP contribution < -0.4 is 10.0 Å². The van der Waals surface area contributed by atoms with E-state index in [4.69, 9.17) is 16.3 Å². The fraction of sp³-hybridized carbons (Fsp3) is 0.350. The van der Waals surface area contributed by atoms with E-state index in [1.165, 1.54) is 19.1 Å². The second kappa shape index (κ2) is 9.69. The summed E-state index contributed by atoms with van der Waals surface area (Å²) in [5.74, 6) is -0.214. The lowest BCUT2D eigenvalue weighted by Crippen LogP contribution is -2.43. The topological polar surface area (TPSA) is 87.7 Å². The van der Waals surface area contributed by atoms with Crippen LogP contribution in [0.25, 0.3) is 0 Å². The molecule has 0 radical (unpaired) electrons. The Balaban J connectivity index is 1.76. The van der Waals surface area contributed by atoms with E-state index in [-0.39, 0.29) is 23.4 Å². The summed E-state index contributed by atoms with van der Waals surface area (Å²) in [4.78, 5) is 13.4. The molecule has 0 saturated carbocycles. The van der Waals surface area contributed by atoms with E-state index in [1.54, 1.807) is 18.2 Å². The molecule has 9 heteroatoms. The number of nitrogens with zero attached hydrogens (tertiary/aromatic N) is 1. The molecule has 1 aliphatic heterocycles. The molecule has 1 fully saturated rings. The third-order valence-corrected chi connectivity index (χ3v) is 6.35. The van der Waals surface area contributed by atoms with Gasteiger partial charge in [-0.25, -0.2) is 13.1 Å². The molecule has 29 heavy (non-hydrogen) atoms. The molecule has 1 saturated heterocycles. The number of anilines is 1. The first-order valence-corrected chi connectivity index (χ1v) is 11.2. The Kier molecular flexibility index (Phi) is 7.26. The van der Waals surface area contributed by atoms with Gasteiger partial charge in [0, 0.05) is 43.3 Å². The van der Waals surface area contributed by atoms with Crippen LogP contribution in [0.3, 0.4) is 0 Å². The second-order valence-corrected chi connectivity index (χ2v) is 8.98. The van der Waals surface area contributed by atoms with Gasteiger partial charge in [-0.15, -0.1) is 0 Å². The number of morpholine rings is 1. The smallest absolute Gasteiger partial charge is 0.240 e. The SMILES string of the molecule is CC(=O)Nc1ccc(S(=O)(=O)NCC(c2cccc(Cl)c2)N2CCOCC2)cc1. The Morgan fingerprint density at radius 2 is 1.86 bits per heavy atom. The maximum atomic E-state index is 12.8. The van der Waals surface area contributed by atoms with Crippen molar-refractivity contribution < 1.29 is 17.9 Å². The summed E-state index contributed by atoms with van der Waals surface area (Å²) in [7, 11) is -3.71. The van der Waals surface area contributed by atoms with E-state index in [1.807, 2.05) is 18.2 Å². The molecule has 1 atom stereocenters. The minimum absolute atomic E-state index is 0.137. The maximum Gasteiger partial charge on any atom is 0.240 e. The number of amides is 1. The summed E-state index contributed by atoms with van der Waals surface area (Å²) in [5.41, 5.74) is 1.49. The molecule has 1 unspecified atom stereocenters. The van der Waals surface area contributed by atoms with Gasteiger partial charge in [0.05, 0.1) is 18.1 Å². The lowest BCUT2D eigenvalue weighted by atomic mass is 10.1. The van der Waals surface area contributed by atoms with E-state index in [2.05, 4.69) is 14.9 Å². The highest BCUT2D eigenvalue weighted by Crippen LogP contribution is 2.25. The van der Waals surface area contributed by atoms with Gasteiger partial charge in [0.25, 0.3) is 0 Å². The van der Waals surface area contributed by atoms with E-state index in [9.17, 15) is 13.2 Å². The normalized spacial score (nSPS) is 16.3. The minimum atomic E-state index is -3.71. The molecule has 1 heterocycles. The van der Waals surface area contributed by atoms with Gasteiger partial charge in [0.1, 0.15) is 0 Å². The molecule has 3 rings (SSSR count). The van der Waals surface area contributed by atoms with Crippen LogP contribution in [0.15, 0.2) is 53.4 Å². The zero-order chi connectivity index (χ0) is 20.9. The van der Waals surface area contributed by atoms with Crippen LogP contribution in [0.1, 0.15) is 18.5 Å². The van der Waals surface area contributed by atoms with E-state index >= 15 is 0 Å². The van der Waals surface area contributed by atoms with Crippen molar-refractivity contribution in [2.75, 3.05) is 38.2 Å². The Labute approximate surface area is 176 Å². The molecule has 0 aliphatic carbocycles. The van der Waals surface area contributed by atoms with Crippen molar-refractivity contribution in [1.29, 1.82) is 0 Å². The summed E-state index contributed by atoms with van der Waals surface area (Å²) in [6, 6.07) is 13.4. The maximum absolute atomic E-state index is 12.8. The lowest BCUT2D eigenvalue weighted by Gasteiger charge is -2.35. The third kappa shape index (κ3) is 6.01. The molecular weight excluding hydrogens is 414 g/mol. The number of hydrogen-bond donors (Lipinski definition) is 2. The van der Waals surface area contributed by atoms with Crippen molar-refractivity contribution in [3.05, 3.63) is 59.1 Å². The predicted octanol–water partition coefficient (Wildman–Crippen LogP) is 2.65. The summed E-state index contributed by atoms with van der Waals surface area (Å²) in [6.45, 7) is 4.24. The molecule has 0 bridgehead atoms. The Morgan fingerprint density at radius 1 is 1.17 bits per heavy atom. The molecule has 2 aromatic carbocycles. The number of ether oxygens (including phenoxy) is 1. The molecular formula is C20H24ClN3O4S. The number of halogens is 1. The van der Waals surface area contributed by atoms with Crippen molar-refractivity contribution >= 4 is 33.2 Å². The van der Waals surface area contributed by atoms with E-state index < -0.39 is 10.0 Å². The molecule has 2 aromatic rings. The second-order valence-electron chi connectivity index (χ2n) is 6.78. The van der Waals surface area contributed by atoms with Crippen molar-refractivity contribution in [2.45, 2.75) is 17.9 Å². The molecule has 0 spiro atoms. The largest absolute Gasteiger partial charge is 0.379 e. The van der Waals surface area contributed by atoms with Crippen LogP contribution in [0.4, 0.5) is 5.69 Å². The quantitative estimate of drug-likeness (QED) is 0.695. The van der Waals surface area contributed by atoms with Crippen LogP contribution in [-0.2, 0) is 19.6 Å². The van der Waals surface area contributed by atoms with Crippen LogP contribution in [0.5, 0.6) is 0 Å². The van der Waals surface area contributed by atoms with Gasteiger partial charge in [0.2, 0.25) is 15.9 Å². The summed E-state index contributed by atoms with van der Waals surface area (Å²) in [6.07, 6.45) is 0. The van der Waals surface area contributed by atoms with Gasteiger partial charge in [-0.2, -0.15) is 0 Å². The van der Waals surface area contributed by atoms with Crippen molar-refractivity contribution in [2.24, 2.45) is 0 Å². The number of hydrogen-bond acceptors (Lipinski definition) is 5. The molecule has 0 aromatic heterocycles. The predicted molar refractivity (Wildman–Crippen MR) is 113 cm³/mol. The first-order valence-electron chi connectivity index (χ1n) is 9.30. The number of nitrogens with one attached hydrogen (secondary N) is 2. The van der Waals surface area contributed by atoms with Crippen LogP contribution in [0, 0.1) is 0 Å². The zero-order valence-electron chi connectivity index (χ0n) is 16.1. The first-order chi connectivity index (χ1) is 13.8. The Hall–Kier alpha value is -1.97. The fourth-order valence-electron chi connectivity index (χ4n) is 3.25. The van der Waals surface area contributed by atoms with Crippen molar-refractivity contribution in [3.63, 3.8) is 0 Å². The van der Waals surface area contributed by atoms with Crippen molar-refractivity contribution in [3.8, 4) is 0 Å². The summed E-state index contributed by atoms with van der Waals surface area (Å²) >= 11 is 6.15. The van der Waals surface area contributed by atoms with Gasteiger partial charge in [0.15, 0.2) is 0 Å². The minimum Gasteiger partial charge on any atom is -0.379 e. The molecule has 2 N–H and O–H groups in total. The monoisotopic (exact) mass is 437 g/mol. The van der Waals surface area contributed by atoms with Gasteiger partial charge >= 0.3 is 0 Å². The summed E-state index contributed by atoms with van der Waals surface area (Å²) in [5, 5.41) is 3.23. The molecule has 1 amide bonds. The average molecular weight is 438 g/mol. The Bertz CT molecular complexity index is 944. The lowest BCUT2D eigenvalue weighted by molar-refractivity contribution is -0.114. The van der Waals surface area contributed by atoms with Gasteiger partial charge < -0.3 is 10.1 Å². The number of sulfonamides is 1. The van der Waals surface area contributed by atoms with Crippen LogP contribution >= 0.6 is 11.6 Å². The zero-order valence-corrected chi connectivity index (χ0v) is 17.7. The van der Waals surface area contributed by atoms with Crippen LogP contribution in [0.2, 0.25) is 5.02 Å². The fourth-order valence-corrected chi connectivity index (χ4v) is 4.49. The Morgan fingerprint density at radius 3 is 2.48 bits per heavy atom. The third-order valence-electron chi connectivity index (χ3n) is 4.67. The standard InChI is InChI=1S/C20H24ClN3O4S/c1-15(25)23-18-5-7-19(8-6-18)29(26,27)22-14-20(24-9-11-28-12-10-24)16-3-2-4-17(21)13-16/h2-8,13,20,22H,9-12,14H2,1H3,(H,23,25).